The second-order valence-corrected chi connectivity index (χ2v) is 4.79. The van der Waals surface area contributed by atoms with Crippen LogP contribution in [0.25, 0.3) is 0 Å². The number of fused-ring (bicyclic) bond motifs is 1. The molecule has 0 aliphatic carbocycles. The minimum atomic E-state index is -0.243. The lowest BCUT2D eigenvalue weighted by Crippen LogP contribution is -2.26. The van der Waals surface area contributed by atoms with Gasteiger partial charge in [-0.05, 0) is 30.7 Å². The molecule has 1 N–H and O–H groups in total. The molecule has 0 fully saturated rings. The third-order valence-corrected chi connectivity index (χ3v) is 3.14. The van der Waals surface area contributed by atoms with Crippen LogP contribution >= 0.6 is 0 Å². The van der Waals surface area contributed by atoms with Crippen LogP contribution in [0.3, 0.4) is 0 Å². The van der Waals surface area contributed by atoms with Crippen molar-refractivity contribution in [3.63, 3.8) is 0 Å². The third-order valence-electron chi connectivity index (χ3n) is 3.14. The second kappa shape index (κ2) is 5.84. The Labute approximate surface area is 112 Å². The molecule has 0 spiro atoms. The van der Waals surface area contributed by atoms with Crippen LogP contribution in [-0.4, -0.2) is 37.5 Å². The highest BCUT2D eigenvalue weighted by Gasteiger charge is 2.15. The van der Waals surface area contributed by atoms with Crippen LogP contribution in [0.2, 0.25) is 0 Å². The maximum Gasteiger partial charge on any atom is 0.319 e. The molecule has 19 heavy (non-hydrogen) atoms. The highest BCUT2D eigenvalue weighted by Crippen LogP contribution is 2.23. The van der Waals surface area contributed by atoms with Crippen molar-refractivity contribution in [2.75, 3.05) is 26.0 Å². The van der Waals surface area contributed by atoms with Crippen molar-refractivity contribution in [3.8, 4) is 0 Å². The second-order valence-electron chi connectivity index (χ2n) is 4.79. The summed E-state index contributed by atoms with van der Waals surface area (Å²) in [4.78, 5) is 24.3. The third kappa shape index (κ3) is 3.54. The fourth-order valence-corrected chi connectivity index (χ4v) is 2.19. The Morgan fingerprint density at radius 1 is 1.42 bits per heavy atom. The van der Waals surface area contributed by atoms with E-state index in [1.807, 2.05) is 24.1 Å². The molecule has 5 nitrogen and oxygen atoms in total. The number of anilines is 1. The zero-order valence-electron chi connectivity index (χ0n) is 11.2. The van der Waals surface area contributed by atoms with E-state index in [-0.39, 0.29) is 18.4 Å². The molecule has 0 aromatic heterocycles. The average Bonchev–Trinajstić information content (AvgIpc) is 2.38. The molecule has 1 heterocycles. The van der Waals surface area contributed by atoms with Gasteiger partial charge in [0.05, 0.1) is 13.7 Å². The fraction of sp³-hybridized carbons (Fsp3) is 0.429. The minimum Gasteiger partial charge on any atom is -0.468 e. The molecule has 1 aliphatic heterocycles. The molecule has 1 aromatic carbocycles. The predicted molar refractivity (Wildman–Crippen MR) is 71.7 cm³/mol. The van der Waals surface area contributed by atoms with Crippen molar-refractivity contribution >= 4 is 17.6 Å². The van der Waals surface area contributed by atoms with Crippen molar-refractivity contribution < 1.29 is 14.3 Å². The molecule has 0 unspecified atom stereocenters. The molecule has 1 amide bonds. The standard InChI is InChI=1S/C14H18N2O3/c1-16(9-14(18)19-2)8-10-3-5-12-11(7-10)4-6-13(17)15-12/h3,5,7H,4,6,8-9H2,1-2H3,(H,15,17). The van der Waals surface area contributed by atoms with Gasteiger partial charge >= 0.3 is 5.97 Å². The number of rotatable bonds is 4. The summed E-state index contributed by atoms with van der Waals surface area (Å²) in [6, 6.07) is 5.98. The molecule has 1 aromatic rings. The molecule has 1 aliphatic rings. The van der Waals surface area contributed by atoms with Gasteiger partial charge in [-0.25, -0.2) is 0 Å². The number of methoxy groups -OCH3 is 1. The lowest BCUT2D eigenvalue weighted by atomic mass is 10.0. The lowest BCUT2D eigenvalue weighted by molar-refractivity contribution is -0.141. The zero-order chi connectivity index (χ0) is 13.8. The molecule has 5 heteroatoms. The Morgan fingerprint density at radius 2 is 2.21 bits per heavy atom. The number of esters is 1. The average molecular weight is 262 g/mol. The van der Waals surface area contributed by atoms with Gasteiger partial charge in [-0.15, -0.1) is 0 Å². The summed E-state index contributed by atoms with van der Waals surface area (Å²) < 4.78 is 4.63. The van der Waals surface area contributed by atoms with E-state index in [4.69, 9.17) is 0 Å². The van der Waals surface area contributed by atoms with Gasteiger partial charge in [-0.1, -0.05) is 12.1 Å². The number of carbonyl (C=O) groups excluding carboxylic acids is 2. The first-order valence-corrected chi connectivity index (χ1v) is 6.25. The van der Waals surface area contributed by atoms with Gasteiger partial charge in [0.1, 0.15) is 0 Å². The Balaban J connectivity index is 2.02. The van der Waals surface area contributed by atoms with Gasteiger partial charge in [0.25, 0.3) is 0 Å². The van der Waals surface area contributed by atoms with Crippen LogP contribution in [0.15, 0.2) is 18.2 Å². The van der Waals surface area contributed by atoms with Crippen molar-refractivity contribution in [2.45, 2.75) is 19.4 Å². The van der Waals surface area contributed by atoms with E-state index in [0.29, 0.717) is 13.0 Å². The smallest absolute Gasteiger partial charge is 0.319 e. The number of nitrogens with one attached hydrogen (secondary N) is 1. The van der Waals surface area contributed by atoms with Crippen molar-refractivity contribution in [1.82, 2.24) is 4.90 Å². The SMILES string of the molecule is COC(=O)CN(C)Cc1ccc2c(c1)CCC(=O)N2. The first-order valence-electron chi connectivity index (χ1n) is 6.25. The first-order chi connectivity index (χ1) is 9.08. The summed E-state index contributed by atoms with van der Waals surface area (Å²) in [5.74, 6) is -0.171. The number of aryl methyl sites for hydroxylation is 1. The van der Waals surface area contributed by atoms with E-state index >= 15 is 0 Å². The number of likely N-dealkylation sites (N-methyl/N-ethyl adjacent to an activating group) is 1. The molecule has 0 saturated heterocycles. The predicted octanol–water partition coefficient (Wildman–Crippen LogP) is 1.18. The Bertz CT molecular complexity index is 499. The molecular formula is C14H18N2O3. The molecule has 0 atom stereocenters. The van der Waals surface area contributed by atoms with E-state index in [1.54, 1.807) is 0 Å². The summed E-state index contributed by atoms with van der Waals surface area (Å²) in [6.07, 6.45) is 1.31. The molecule has 102 valence electrons. The highest BCUT2D eigenvalue weighted by atomic mass is 16.5. The summed E-state index contributed by atoms with van der Waals surface area (Å²) in [7, 11) is 3.26. The van der Waals surface area contributed by atoms with E-state index in [9.17, 15) is 9.59 Å². The topological polar surface area (TPSA) is 58.6 Å². The van der Waals surface area contributed by atoms with Gasteiger partial charge in [0.2, 0.25) is 5.91 Å². The van der Waals surface area contributed by atoms with Crippen molar-refractivity contribution in [2.24, 2.45) is 0 Å². The number of hydrogen-bond acceptors (Lipinski definition) is 4. The van der Waals surface area contributed by atoms with Crippen LogP contribution in [-0.2, 0) is 27.3 Å². The van der Waals surface area contributed by atoms with E-state index in [1.165, 1.54) is 7.11 Å². The molecule has 0 bridgehead atoms. The highest BCUT2D eigenvalue weighted by molar-refractivity contribution is 5.93. The van der Waals surface area contributed by atoms with Gasteiger partial charge in [0, 0.05) is 18.7 Å². The number of benzene rings is 1. The van der Waals surface area contributed by atoms with Gasteiger partial charge in [-0.2, -0.15) is 0 Å². The van der Waals surface area contributed by atoms with Crippen LogP contribution < -0.4 is 5.32 Å². The molecule has 2 rings (SSSR count). The largest absolute Gasteiger partial charge is 0.468 e. The number of ether oxygens (including phenoxy) is 1. The fourth-order valence-electron chi connectivity index (χ4n) is 2.19. The summed E-state index contributed by atoms with van der Waals surface area (Å²) in [5, 5.41) is 2.86. The van der Waals surface area contributed by atoms with Crippen molar-refractivity contribution in [1.29, 1.82) is 0 Å². The Kier molecular flexibility index (Phi) is 4.16. The van der Waals surface area contributed by atoms with Crippen LogP contribution in [0.1, 0.15) is 17.5 Å². The quantitative estimate of drug-likeness (QED) is 0.828. The maximum absolute atomic E-state index is 11.3. The van der Waals surface area contributed by atoms with E-state index < -0.39 is 0 Å². The van der Waals surface area contributed by atoms with Crippen LogP contribution in [0.4, 0.5) is 5.69 Å². The van der Waals surface area contributed by atoms with Gasteiger partial charge in [0.15, 0.2) is 0 Å². The summed E-state index contributed by atoms with van der Waals surface area (Å²) in [6.45, 7) is 0.945. The van der Waals surface area contributed by atoms with Gasteiger partial charge < -0.3 is 10.1 Å². The number of amides is 1. The number of carbonyl (C=O) groups is 2. The Hall–Kier alpha value is -1.88. The van der Waals surface area contributed by atoms with Crippen LogP contribution in [0.5, 0.6) is 0 Å². The normalized spacial score (nSPS) is 13.9. The molecule has 0 radical (unpaired) electrons. The zero-order valence-corrected chi connectivity index (χ0v) is 11.2. The molecular weight excluding hydrogens is 244 g/mol. The van der Waals surface area contributed by atoms with Crippen LogP contribution in [0, 0.1) is 0 Å². The number of hydrogen-bond donors (Lipinski definition) is 1. The summed E-state index contributed by atoms with van der Waals surface area (Å²) in [5.41, 5.74) is 3.18. The Morgan fingerprint density at radius 3 is 2.95 bits per heavy atom. The van der Waals surface area contributed by atoms with Gasteiger partial charge in [-0.3, -0.25) is 14.5 Å². The monoisotopic (exact) mass is 262 g/mol. The molecule has 0 saturated carbocycles. The van der Waals surface area contributed by atoms with E-state index in [2.05, 4.69) is 16.1 Å². The lowest BCUT2D eigenvalue weighted by Gasteiger charge is -2.20. The number of nitrogens with zero attached hydrogens (tertiary/aromatic N) is 1. The maximum atomic E-state index is 11.3. The summed E-state index contributed by atoms with van der Waals surface area (Å²) >= 11 is 0. The first kappa shape index (κ1) is 13.5. The van der Waals surface area contributed by atoms with Crippen molar-refractivity contribution in [3.05, 3.63) is 29.3 Å². The minimum absolute atomic E-state index is 0.0723. The van der Waals surface area contributed by atoms with E-state index in [0.717, 1.165) is 23.2 Å².